The molecule has 2 aliphatic carbocycles. The van der Waals surface area contributed by atoms with Gasteiger partial charge in [-0.3, -0.25) is 24.4 Å². The molecular weight excluding hydrogens is 550 g/mol. The maximum absolute atomic E-state index is 14.5. The van der Waals surface area contributed by atoms with Crippen LogP contribution in [0.3, 0.4) is 0 Å². The quantitative estimate of drug-likeness (QED) is 0.392. The molecule has 2 unspecified atom stereocenters. The van der Waals surface area contributed by atoms with Crippen LogP contribution in [0.25, 0.3) is 11.4 Å². The third-order valence-electron chi connectivity index (χ3n) is 10.3. The van der Waals surface area contributed by atoms with Crippen LogP contribution in [0, 0.1) is 34.0 Å². The van der Waals surface area contributed by atoms with Crippen LogP contribution in [0.5, 0.6) is 0 Å². The number of aliphatic hydroxyl groups excluding tert-OH is 1. The summed E-state index contributed by atoms with van der Waals surface area (Å²) in [5.74, 6) is -1.38. The molecule has 0 radical (unpaired) electrons. The van der Waals surface area contributed by atoms with E-state index in [1.165, 1.54) is 11.3 Å². The summed E-state index contributed by atoms with van der Waals surface area (Å²) in [6, 6.07) is -0.570. The fraction of sp³-hybridized carbons (Fsp3) is 0.688. The summed E-state index contributed by atoms with van der Waals surface area (Å²) in [7, 11) is 0. The molecule has 2 amide bonds. The highest BCUT2D eigenvalue weighted by Crippen LogP contribution is 2.69. The summed E-state index contributed by atoms with van der Waals surface area (Å²) in [6.45, 7) is 11.2. The molecule has 2 saturated carbocycles. The number of aliphatic hydroxyl groups is 1. The van der Waals surface area contributed by atoms with Gasteiger partial charge in [-0.15, -0.1) is 11.3 Å². The highest BCUT2D eigenvalue weighted by molar-refractivity contribution is 7.09. The van der Waals surface area contributed by atoms with E-state index in [9.17, 15) is 19.5 Å². The van der Waals surface area contributed by atoms with Gasteiger partial charge in [0.25, 0.3) is 0 Å². The van der Waals surface area contributed by atoms with E-state index in [0.717, 1.165) is 36.4 Å². The maximum atomic E-state index is 14.5. The Morgan fingerprint density at radius 2 is 1.90 bits per heavy atom. The van der Waals surface area contributed by atoms with Gasteiger partial charge < -0.3 is 15.7 Å². The largest absolute Gasteiger partial charge is 0.383 e. The monoisotopic (exact) mass is 595 g/mol. The van der Waals surface area contributed by atoms with Crippen molar-refractivity contribution in [1.82, 2.24) is 19.9 Å². The lowest BCUT2D eigenvalue weighted by atomic mass is 9.75. The average Bonchev–Trinajstić information content (AvgIpc) is 3.27. The Kier molecular flexibility index (Phi) is 8.35. The van der Waals surface area contributed by atoms with Gasteiger partial charge in [-0.05, 0) is 41.4 Å². The highest BCUT2D eigenvalue weighted by Gasteiger charge is 2.67. The first-order chi connectivity index (χ1) is 19.7. The minimum Gasteiger partial charge on any atom is -0.383 e. The number of amides is 2. The summed E-state index contributed by atoms with van der Waals surface area (Å²) >= 11 is 1.51. The van der Waals surface area contributed by atoms with Crippen molar-refractivity contribution in [1.29, 1.82) is 0 Å². The zero-order valence-corrected chi connectivity index (χ0v) is 26.3. The lowest BCUT2D eigenvalue weighted by Gasteiger charge is -2.35. The second kappa shape index (κ2) is 11.4. The summed E-state index contributed by atoms with van der Waals surface area (Å²) in [6.07, 6.45) is 9.52. The molecule has 10 heteroatoms. The number of aromatic nitrogens is 3. The summed E-state index contributed by atoms with van der Waals surface area (Å²) in [5.41, 5.74) is 6.52. The first-order valence-corrected chi connectivity index (χ1v) is 16.1. The first-order valence-electron chi connectivity index (χ1n) is 15.2. The lowest BCUT2D eigenvalue weighted by molar-refractivity contribution is -0.145. The third-order valence-corrected chi connectivity index (χ3v) is 11.2. The number of rotatable bonds is 11. The number of thiazole rings is 1. The fourth-order valence-corrected chi connectivity index (χ4v) is 7.96. The van der Waals surface area contributed by atoms with Crippen LogP contribution in [0.2, 0.25) is 0 Å². The van der Waals surface area contributed by atoms with Crippen molar-refractivity contribution < 1.29 is 19.5 Å². The Bertz CT molecular complexity index is 1320. The first kappa shape index (κ1) is 30.7. The molecule has 3 heterocycles. The smallest absolute Gasteiger partial charge is 0.246 e. The van der Waals surface area contributed by atoms with Crippen LogP contribution >= 0.6 is 11.3 Å². The normalized spacial score (nSPS) is 25.6. The molecule has 1 aliphatic heterocycles. The van der Waals surface area contributed by atoms with E-state index in [1.54, 1.807) is 18.6 Å². The highest BCUT2D eigenvalue weighted by atomic mass is 32.1. The Morgan fingerprint density at radius 3 is 2.45 bits per heavy atom. The van der Waals surface area contributed by atoms with E-state index in [4.69, 9.17) is 10.7 Å². The molecule has 0 bridgehead atoms. The number of primary amides is 1. The standard InChI is InChI=1S/C32H45N5O4S/c1-30(2,3)21(13-26-36-23(16-42-26)22-15-34-9-10-35-22)29(41)37-18-32(17-31(32,4)5)14-24(37)25(38)12-20(27(39)28(33)40)11-19-7-6-8-19/h9-10,15-16,19-21,24,27,39H,6-8,11-14,17-18H2,1-5H3,(H2,33,40)/t20?,21-,24+,27?,32-/m1/s1. The van der Waals surface area contributed by atoms with Crippen LogP contribution in [0.15, 0.2) is 24.0 Å². The molecule has 3 fully saturated rings. The number of ketones is 1. The van der Waals surface area contributed by atoms with Gasteiger partial charge in [0, 0.05) is 49.0 Å². The van der Waals surface area contributed by atoms with Crippen LogP contribution in [-0.2, 0) is 20.8 Å². The predicted octanol–water partition coefficient (Wildman–Crippen LogP) is 4.43. The van der Waals surface area contributed by atoms with Crippen molar-refractivity contribution in [3.8, 4) is 11.4 Å². The van der Waals surface area contributed by atoms with Crippen molar-refractivity contribution in [2.75, 3.05) is 6.54 Å². The number of carbonyl (C=O) groups is 3. The Balaban J connectivity index is 1.38. The molecule has 3 aliphatic rings. The van der Waals surface area contributed by atoms with E-state index >= 15 is 0 Å². The minimum atomic E-state index is -1.36. The molecule has 9 nitrogen and oxygen atoms in total. The molecule has 228 valence electrons. The minimum absolute atomic E-state index is 0.0253. The second-order valence-corrected chi connectivity index (χ2v) is 15.6. The zero-order valence-electron chi connectivity index (χ0n) is 25.5. The number of hydrogen-bond donors (Lipinski definition) is 2. The fourth-order valence-electron chi connectivity index (χ4n) is 7.12. The molecule has 2 aromatic rings. The second-order valence-electron chi connectivity index (χ2n) is 14.7. The van der Waals surface area contributed by atoms with Gasteiger partial charge in [-0.25, -0.2) is 4.98 Å². The van der Waals surface area contributed by atoms with Crippen LogP contribution in [-0.4, -0.2) is 61.2 Å². The molecule has 2 aromatic heterocycles. The summed E-state index contributed by atoms with van der Waals surface area (Å²) in [4.78, 5) is 55.6. The van der Waals surface area contributed by atoms with Gasteiger partial charge in [0.05, 0.1) is 17.2 Å². The molecule has 1 spiro atoms. The van der Waals surface area contributed by atoms with Crippen molar-refractivity contribution in [2.24, 2.45) is 39.7 Å². The number of nitrogens with two attached hydrogens (primary N) is 1. The molecule has 5 atom stereocenters. The van der Waals surface area contributed by atoms with Crippen molar-refractivity contribution >= 4 is 28.9 Å². The van der Waals surface area contributed by atoms with Gasteiger partial charge >= 0.3 is 0 Å². The lowest BCUT2D eigenvalue weighted by Crippen LogP contribution is -2.48. The van der Waals surface area contributed by atoms with Gasteiger partial charge in [0.1, 0.15) is 17.5 Å². The SMILES string of the molecule is CC(C)(C)[C@H](Cc1nc(-c2cnccn2)cs1)C(=O)N1C[C@@]2(C[C@H]1C(=O)CC(CC1CCC1)C(O)C(N)=O)CC2(C)C. The van der Waals surface area contributed by atoms with Gasteiger partial charge in [0.15, 0.2) is 5.78 Å². The van der Waals surface area contributed by atoms with E-state index in [2.05, 4.69) is 44.6 Å². The van der Waals surface area contributed by atoms with Crippen molar-refractivity contribution in [3.05, 3.63) is 29.0 Å². The van der Waals surface area contributed by atoms with E-state index < -0.39 is 24.0 Å². The van der Waals surface area contributed by atoms with Gasteiger partial charge in [-0.2, -0.15) is 0 Å². The maximum Gasteiger partial charge on any atom is 0.246 e. The van der Waals surface area contributed by atoms with Crippen LogP contribution in [0.4, 0.5) is 0 Å². The topological polar surface area (TPSA) is 139 Å². The Morgan fingerprint density at radius 1 is 1.19 bits per heavy atom. The number of Topliss-reactive ketones (excluding diaryl/α,β-unsaturated/α-hetero) is 1. The molecule has 5 rings (SSSR count). The molecule has 0 aromatic carbocycles. The molecule has 1 saturated heterocycles. The number of hydrogen-bond acceptors (Lipinski definition) is 8. The van der Waals surface area contributed by atoms with Crippen molar-refractivity contribution in [3.63, 3.8) is 0 Å². The van der Waals surface area contributed by atoms with Crippen LogP contribution in [0.1, 0.15) is 84.6 Å². The molecule has 42 heavy (non-hydrogen) atoms. The van der Waals surface area contributed by atoms with Crippen LogP contribution < -0.4 is 5.73 Å². The van der Waals surface area contributed by atoms with E-state index in [1.807, 2.05) is 10.3 Å². The number of nitrogens with zero attached hydrogens (tertiary/aromatic N) is 4. The average molecular weight is 596 g/mol. The van der Waals surface area contributed by atoms with Gasteiger partial charge in [-0.1, -0.05) is 53.9 Å². The van der Waals surface area contributed by atoms with Gasteiger partial charge in [0.2, 0.25) is 11.8 Å². The van der Waals surface area contributed by atoms with Crippen molar-refractivity contribution in [2.45, 2.75) is 98.1 Å². The summed E-state index contributed by atoms with van der Waals surface area (Å²) in [5, 5.41) is 13.4. The Labute approximate surface area is 252 Å². The molecular formula is C32H45N5O4S. The predicted molar refractivity (Wildman–Crippen MR) is 161 cm³/mol. The van der Waals surface area contributed by atoms with E-state index in [-0.39, 0.29) is 40.3 Å². The molecule has 3 N–H and O–H groups in total. The van der Waals surface area contributed by atoms with E-state index in [0.29, 0.717) is 37.4 Å². The Hall–Kier alpha value is -2.72. The number of carbonyl (C=O) groups excluding carboxylic acids is 3. The zero-order chi connectivity index (χ0) is 30.4. The summed E-state index contributed by atoms with van der Waals surface area (Å²) < 4.78 is 0. The number of likely N-dealkylation sites (tertiary alicyclic amines) is 1. The third kappa shape index (κ3) is 6.16.